The second-order valence-electron chi connectivity index (χ2n) is 5.79. The first-order valence-electron chi connectivity index (χ1n) is 6.84. The third kappa shape index (κ3) is 4.61. The average molecular weight is 333 g/mol. The van der Waals surface area contributed by atoms with Crippen molar-refractivity contribution in [2.45, 2.75) is 39.3 Å². The molecule has 1 amide bonds. The van der Waals surface area contributed by atoms with Crippen molar-refractivity contribution in [2.75, 3.05) is 6.54 Å². The standard InChI is InChI=1S/C15H18F3NO4/c1-5-19(14(22)23-15(2,3)4)12(13(20)21)8-6-10(17)11(18)7-9(8)16/h6-7,12H,5H2,1-4H3,(H,20,21). The molecule has 0 saturated heterocycles. The van der Waals surface area contributed by atoms with Crippen molar-refractivity contribution >= 4 is 12.1 Å². The minimum absolute atomic E-state index is 0.135. The van der Waals surface area contributed by atoms with Gasteiger partial charge in [-0.1, -0.05) is 0 Å². The zero-order valence-corrected chi connectivity index (χ0v) is 13.2. The lowest BCUT2D eigenvalue weighted by atomic mass is 10.0. The molecule has 1 aromatic carbocycles. The summed E-state index contributed by atoms with van der Waals surface area (Å²) in [6, 6.07) is -1.18. The molecule has 128 valence electrons. The molecule has 0 heterocycles. The zero-order valence-electron chi connectivity index (χ0n) is 13.2. The van der Waals surface area contributed by atoms with Gasteiger partial charge < -0.3 is 9.84 Å². The van der Waals surface area contributed by atoms with Gasteiger partial charge in [-0.25, -0.2) is 22.8 Å². The number of amides is 1. The Morgan fingerprint density at radius 1 is 1.17 bits per heavy atom. The van der Waals surface area contributed by atoms with Gasteiger partial charge in [0.15, 0.2) is 17.7 Å². The van der Waals surface area contributed by atoms with Gasteiger partial charge in [0.1, 0.15) is 11.4 Å². The molecule has 0 spiro atoms. The molecule has 0 bridgehead atoms. The van der Waals surface area contributed by atoms with Crippen LogP contribution in [0.3, 0.4) is 0 Å². The van der Waals surface area contributed by atoms with E-state index in [0.717, 1.165) is 4.90 Å². The highest BCUT2D eigenvalue weighted by molar-refractivity contribution is 5.81. The molecule has 1 rings (SSSR count). The SMILES string of the molecule is CCN(C(=O)OC(C)(C)C)C(C(=O)O)c1cc(F)c(F)cc1F. The first-order valence-corrected chi connectivity index (χ1v) is 6.84. The summed E-state index contributed by atoms with van der Waals surface area (Å²) in [5.74, 6) is -5.72. The number of hydrogen-bond donors (Lipinski definition) is 1. The lowest BCUT2D eigenvalue weighted by Gasteiger charge is -2.31. The lowest BCUT2D eigenvalue weighted by Crippen LogP contribution is -2.42. The zero-order chi connectivity index (χ0) is 17.9. The van der Waals surface area contributed by atoms with Crippen molar-refractivity contribution < 1.29 is 32.6 Å². The van der Waals surface area contributed by atoms with Crippen LogP contribution in [0.1, 0.15) is 39.3 Å². The molecule has 1 unspecified atom stereocenters. The summed E-state index contributed by atoms with van der Waals surface area (Å²) < 4.78 is 45.3. The number of carbonyl (C=O) groups excluding carboxylic acids is 1. The summed E-state index contributed by atoms with van der Waals surface area (Å²) in [7, 11) is 0. The molecule has 1 atom stereocenters. The number of carboxylic acids is 1. The van der Waals surface area contributed by atoms with Crippen LogP contribution in [0.2, 0.25) is 0 Å². The molecular weight excluding hydrogens is 315 g/mol. The smallest absolute Gasteiger partial charge is 0.411 e. The van der Waals surface area contributed by atoms with Crippen molar-refractivity contribution in [2.24, 2.45) is 0 Å². The lowest BCUT2D eigenvalue weighted by molar-refractivity contribution is -0.143. The van der Waals surface area contributed by atoms with Gasteiger partial charge in [-0.2, -0.15) is 0 Å². The minimum atomic E-state index is -1.84. The summed E-state index contributed by atoms with van der Waals surface area (Å²) in [5, 5.41) is 9.33. The van der Waals surface area contributed by atoms with E-state index in [4.69, 9.17) is 4.74 Å². The second kappa shape index (κ2) is 6.89. The third-order valence-corrected chi connectivity index (χ3v) is 2.85. The van der Waals surface area contributed by atoms with E-state index in [1.807, 2.05) is 0 Å². The van der Waals surface area contributed by atoms with Crippen LogP contribution < -0.4 is 0 Å². The molecule has 0 aliphatic rings. The molecule has 1 aromatic rings. The predicted octanol–water partition coefficient (Wildman–Crippen LogP) is 3.49. The van der Waals surface area contributed by atoms with Crippen molar-refractivity contribution in [1.29, 1.82) is 0 Å². The summed E-state index contributed by atoms with van der Waals surface area (Å²) in [6.07, 6.45) is -1.00. The molecule has 0 aliphatic carbocycles. The number of rotatable bonds is 4. The first kappa shape index (κ1) is 18.8. The monoisotopic (exact) mass is 333 g/mol. The number of carbonyl (C=O) groups is 2. The Hall–Kier alpha value is -2.25. The third-order valence-electron chi connectivity index (χ3n) is 2.85. The Morgan fingerprint density at radius 2 is 1.70 bits per heavy atom. The maximum absolute atomic E-state index is 13.9. The number of halogens is 3. The van der Waals surface area contributed by atoms with Gasteiger partial charge in [0.05, 0.1) is 0 Å². The highest BCUT2D eigenvalue weighted by Crippen LogP contribution is 2.27. The van der Waals surface area contributed by atoms with Crippen LogP contribution in [-0.2, 0) is 9.53 Å². The largest absolute Gasteiger partial charge is 0.479 e. The van der Waals surface area contributed by atoms with Crippen LogP contribution in [0.5, 0.6) is 0 Å². The summed E-state index contributed by atoms with van der Waals surface area (Å²) in [5.41, 5.74) is -1.57. The van der Waals surface area contributed by atoms with Crippen LogP contribution in [0.15, 0.2) is 12.1 Å². The van der Waals surface area contributed by atoms with Gasteiger partial charge in [0.25, 0.3) is 0 Å². The highest BCUT2D eigenvalue weighted by atomic mass is 19.2. The fraction of sp³-hybridized carbons (Fsp3) is 0.467. The van der Waals surface area contributed by atoms with Crippen LogP contribution in [-0.4, -0.2) is 34.2 Å². The number of nitrogens with zero attached hydrogens (tertiary/aromatic N) is 1. The van der Waals surface area contributed by atoms with Crippen molar-refractivity contribution in [1.82, 2.24) is 4.90 Å². The van der Waals surface area contributed by atoms with Crippen LogP contribution >= 0.6 is 0 Å². The number of likely N-dealkylation sites (N-methyl/N-ethyl adjacent to an activating group) is 1. The fourth-order valence-electron chi connectivity index (χ4n) is 1.92. The average Bonchev–Trinajstić information content (AvgIpc) is 2.38. The van der Waals surface area contributed by atoms with Crippen LogP contribution in [0.25, 0.3) is 0 Å². The topological polar surface area (TPSA) is 66.8 Å². The normalized spacial score (nSPS) is 12.7. The van der Waals surface area contributed by atoms with Crippen molar-refractivity contribution in [3.05, 3.63) is 35.1 Å². The van der Waals surface area contributed by atoms with Gasteiger partial charge in [-0.05, 0) is 33.8 Å². The van der Waals surface area contributed by atoms with E-state index in [1.54, 1.807) is 20.8 Å². The maximum atomic E-state index is 13.9. The Morgan fingerprint density at radius 3 is 2.13 bits per heavy atom. The summed E-state index contributed by atoms with van der Waals surface area (Å²) in [4.78, 5) is 24.3. The van der Waals surface area contributed by atoms with Crippen LogP contribution in [0.4, 0.5) is 18.0 Å². The van der Waals surface area contributed by atoms with E-state index in [1.165, 1.54) is 6.92 Å². The Kier molecular flexibility index (Phi) is 5.63. The van der Waals surface area contributed by atoms with E-state index in [0.29, 0.717) is 6.07 Å². The fourth-order valence-corrected chi connectivity index (χ4v) is 1.92. The quantitative estimate of drug-likeness (QED) is 0.857. The molecule has 0 fully saturated rings. The first-order chi connectivity index (χ1) is 10.5. The van der Waals surface area contributed by atoms with E-state index >= 15 is 0 Å². The van der Waals surface area contributed by atoms with Gasteiger partial charge in [-0.3, -0.25) is 4.90 Å². The molecule has 23 heavy (non-hydrogen) atoms. The summed E-state index contributed by atoms with van der Waals surface area (Å²) in [6.45, 7) is 6.05. The molecule has 0 saturated carbocycles. The van der Waals surface area contributed by atoms with Gasteiger partial charge in [0.2, 0.25) is 0 Å². The van der Waals surface area contributed by atoms with E-state index in [9.17, 15) is 27.9 Å². The Bertz CT molecular complexity index is 613. The van der Waals surface area contributed by atoms with Crippen LogP contribution in [0, 0.1) is 17.5 Å². The van der Waals surface area contributed by atoms with E-state index in [-0.39, 0.29) is 12.6 Å². The predicted molar refractivity (Wildman–Crippen MR) is 75.3 cm³/mol. The van der Waals surface area contributed by atoms with Gasteiger partial charge >= 0.3 is 12.1 Å². The summed E-state index contributed by atoms with van der Waals surface area (Å²) >= 11 is 0. The Balaban J connectivity index is 3.32. The number of ether oxygens (including phenoxy) is 1. The maximum Gasteiger partial charge on any atom is 0.411 e. The minimum Gasteiger partial charge on any atom is -0.479 e. The highest BCUT2D eigenvalue weighted by Gasteiger charge is 2.35. The van der Waals surface area contributed by atoms with Crippen molar-refractivity contribution in [3.8, 4) is 0 Å². The molecule has 1 N–H and O–H groups in total. The number of hydrogen-bond acceptors (Lipinski definition) is 3. The molecule has 0 aromatic heterocycles. The van der Waals surface area contributed by atoms with E-state index in [2.05, 4.69) is 0 Å². The van der Waals surface area contributed by atoms with E-state index < -0.39 is 46.7 Å². The number of aliphatic carboxylic acids is 1. The van der Waals surface area contributed by atoms with Crippen molar-refractivity contribution in [3.63, 3.8) is 0 Å². The Labute approximate surface area is 131 Å². The molecule has 0 radical (unpaired) electrons. The molecule has 8 heteroatoms. The molecular formula is C15H18F3NO4. The molecule has 5 nitrogen and oxygen atoms in total. The van der Waals surface area contributed by atoms with Gasteiger partial charge in [-0.15, -0.1) is 0 Å². The number of carboxylic acid groups (broad SMARTS) is 1. The van der Waals surface area contributed by atoms with Gasteiger partial charge in [0, 0.05) is 18.2 Å². The second-order valence-corrected chi connectivity index (χ2v) is 5.79. The number of benzene rings is 1. The molecule has 0 aliphatic heterocycles.